The fourth-order valence-electron chi connectivity index (χ4n) is 2.37. The van der Waals surface area contributed by atoms with Crippen molar-refractivity contribution in [1.82, 2.24) is 0 Å². The standard InChI is InChI=1S/C15H22N2O3/c1-2-19-14-7-5-13(6-8-14)16-15(18)20-12-11-17-9-3-4-10-17/h5-8H,2-4,9-12H2,1H3,(H,16,18)/p+1. The van der Waals surface area contributed by atoms with Crippen molar-refractivity contribution in [3.05, 3.63) is 24.3 Å². The molecule has 2 rings (SSSR count). The van der Waals surface area contributed by atoms with Crippen LogP contribution in [-0.4, -0.2) is 38.9 Å². The van der Waals surface area contributed by atoms with Gasteiger partial charge in [0, 0.05) is 18.5 Å². The maximum absolute atomic E-state index is 11.6. The monoisotopic (exact) mass is 279 g/mol. The zero-order valence-corrected chi connectivity index (χ0v) is 12.0. The van der Waals surface area contributed by atoms with Crippen molar-refractivity contribution in [2.75, 3.05) is 38.2 Å². The van der Waals surface area contributed by atoms with Crippen LogP contribution in [0.4, 0.5) is 10.5 Å². The molecular weight excluding hydrogens is 256 g/mol. The zero-order chi connectivity index (χ0) is 14.2. The third-order valence-corrected chi connectivity index (χ3v) is 3.41. The maximum atomic E-state index is 11.6. The number of carbonyl (C=O) groups is 1. The van der Waals surface area contributed by atoms with Gasteiger partial charge < -0.3 is 14.4 Å². The predicted octanol–water partition coefficient (Wildman–Crippen LogP) is 1.31. The SMILES string of the molecule is CCOc1ccc(NC(=O)OCC[NH+]2CCCC2)cc1. The van der Waals surface area contributed by atoms with Gasteiger partial charge in [-0.3, -0.25) is 5.32 Å². The minimum absolute atomic E-state index is 0.396. The van der Waals surface area contributed by atoms with Gasteiger partial charge in [0.25, 0.3) is 0 Å². The van der Waals surface area contributed by atoms with Crippen LogP contribution in [0.5, 0.6) is 5.75 Å². The molecule has 0 atom stereocenters. The number of hydrogen-bond acceptors (Lipinski definition) is 3. The highest BCUT2D eigenvalue weighted by Gasteiger charge is 2.15. The highest BCUT2D eigenvalue weighted by atomic mass is 16.5. The molecule has 0 aliphatic carbocycles. The molecule has 2 N–H and O–H groups in total. The number of rotatable bonds is 6. The summed E-state index contributed by atoms with van der Waals surface area (Å²) in [6.45, 7) is 6.34. The van der Waals surface area contributed by atoms with Crippen LogP contribution in [-0.2, 0) is 4.74 Å². The van der Waals surface area contributed by atoms with Crippen LogP contribution in [0.15, 0.2) is 24.3 Å². The molecule has 1 amide bonds. The average molecular weight is 279 g/mol. The van der Waals surface area contributed by atoms with E-state index in [1.165, 1.54) is 30.8 Å². The summed E-state index contributed by atoms with van der Waals surface area (Å²) in [5.41, 5.74) is 0.715. The van der Waals surface area contributed by atoms with Crippen LogP contribution in [0, 0.1) is 0 Å². The van der Waals surface area contributed by atoms with Crippen LogP contribution in [0.1, 0.15) is 19.8 Å². The van der Waals surface area contributed by atoms with E-state index in [0.29, 0.717) is 18.9 Å². The molecule has 0 aromatic heterocycles. The van der Waals surface area contributed by atoms with Crippen LogP contribution in [0.3, 0.4) is 0 Å². The molecule has 1 saturated heterocycles. The van der Waals surface area contributed by atoms with Crippen molar-refractivity contribution >= 4 is 11.8 Å². The Hall–Kier alpha value is -1.75. The van der Waals surface area contributed by atoms with Gasteiger partial charge in [0.2, 0.25) is 0 Å². The average Bonchev–Trinajstić information content (AvgIpc) is 2.94. The molecule has 1 heterocycles. The number of anilines is 1. The van der Waals surface area contributed by atoms with E-state index < -0.39 is 6.09 Å². The normalized spacial score (nSPS) is 15.1. The van der Waals surface area contributed by atoms with E-state index in [9.17, 15) is 4.79 Å². The molecule has 0 spiro atoms. The molecule has 1 fully saturated rings. The van der Waals surface area contributed by atoms with E-state index in [1.807, 2.05) is 19.1 Å². The maximum Gasteiger partial charge on any atom is 0.411 e. The molecule has 110 valence electrons. The second kappa shape index (κ2) is 7.75. The largest absolute Gasteiger partial charge is 0.494 e. The first-order chi connectivity index (χ1) is 9.78. The van der Waals surface area contributed by atoms with E-state index in [2.05, 4.69) is 5.32 Å². The molecule has 5 nitrogen and oxygen atoms in total. The van der Waals surface area contributed by atoms with E-state index in [1.54, 1.807) is 12.1 Å². The number of amides is 1. The van der Waals surface area contributed by atoms with Gasteiger partial charge in [-0.1, -0.05) is 0 Å². The summed E-state index contributed by atoms with van der Waals surface area (Å²) in [4.78, 5) is 13.1. The lowest BCUT2D eigenvalue weighted by Gasteiger charge is -2.12. The summed E-state index contributed by atoms with van der Waals surface area (Å²) in [7, 11) is 0. The molecule has 1 aromatic carbocycles. The minimum atomic E-state index is -0.396. The zero-order valence-electron chi connectivity index (χ0n) is 12.0. The van der Waals surface area contributed by atoms with Crippen molar-refractivity contribution in [3.8, 4) is 5.75 Å². The molecule has 1 aromatic rings. The molecular formula is C15H23N2O3+. The lowest BCUT2D eigenvalue weighted by molar-refractivity contribution is -0.887. The first-order valence-electron chi connectivity index (χ1n) is 7.28. The van der Waals surface area contributed by atoms with Crippen molar-refractivity contribution in [2.24, 2.45) is 0 Å². The summed E-state index contributed by atoms with van der Waals surface area (Å²) < 4.78 is 10.5. The molecule has 5 heteroatoms. The Bertz CT molecular complexity index is 414. The summed E-state index contributed by atoms with van der Waals surface area (Å²) in [5, 5.41) is 2.71. The van der Waals surface area contributed by atoms with Crippen LogP contribution >= 0.6 is 0 Å². The summed E-state index contributed by atoms with van der Waals surface area (Å²) >= 11 is 0. The smallest absolute Gasteiger partial charge is 0.411 e. The molecule has 1 aliphatic heterocycles. The molecule has 0 bridgehead atoms. The Morgan fingerprint density at radius 3 is 2.60 bits per heavy atom. The van der Waals surface area contributed by atoms with Gasteiger partial charge in [0.15, 0.2) is 0 Å². The third-order valence-electron chi connectivity index (χ3n) is 3.41. The van der Waals surface area contributed by atoms with Crippen LogP contribution < -0.4 is 15.0 Å². The second-order valence-electron chi connectivity index (χ2n) is 4.93. The van der Waals surface area contributed by atoms with Gasteiger partial charge in [-0.25, -0.2) is 4.79 Å². The first-order valence-corrected chi connectivity index (χ1v) is 7.28. The van der Waals surface area contributed by atoms with Crippen LogP contribution in [0.25, 0.3) is 0 Å². The molecule has 0 saturated carbocycles. The van der Waals surface area contributed by atoms with Gasteiger partial charge in [0.05, 0.1) is 19.7 Å². The number of carbonyl (C=O) groups excluding carboxylic acids is 1. The highest BCUT2D eigenvalue weighted by molar-refractivity contribution is 5.84. The Morgan fingerprint density at radius 2 is 1.95 bits per heavy atom. The summed E-state index contributed by atoms with van der Waals surface area (Å²) in [5.74, 6) is 0.795. The topological polar surface area (TPSA) is 52.0 Å². The van der Waals surface area contributed by atoms with E-state index >= 15 is 0 Å². The van der Waals surface area contributed by atoms with Gasteiger partial charge in [-0.05, 0) is 31.2 Å². The first kappa shape index (κ1) is 14.7. The molecule has 0 unspecified atom stereocenters. The van der Waals surface area contributed by atoms with Crippen molar-refractivity contribution < 1.29 is 19.2 Å². The lowest BCUT2D eigenvalue weighted by atomic mass is 10.3. The fraction of sp³-hybridized carbons (Fsp3) is 0.533. The quantitative estimate of drug-likeness (QED) is 0.825. The van der Waals surface area contributed by atoms with Crippen molar-refractivity contribution in [1.29, 1.82) is 0 Å². The van der Waals surface area contributed by atoms with Crippen molar-refractivity contribution in [2.45, 2.75) is 19.8 Å². The highest BCUT2D eigenvalue weighted by Crippen LogP contribution is 2.15. The number of ether oxygens (including phenoxy) is 2. The summed E-state index contributed by atoms with van der Waals surface area (Å²) in [6.07, 6.45) is 2.18. The van der Waals surface area contributed by atoms with Crippen LogP contribution in [0.2, 0.25) is 0 Å². The second-order valence-corrected chi connectivity index (χ2v) is 4.93. The third kappa shape index (κ3) is 4.74. The predicted molar refractivity (Wildman–Crippen MR) is 77.4 cm³/mol. The number of hydrogen-bond donors (Lipinski definition) is 2. The number of quaternary nitrogens is 1. The minimum Gasteiger partial charge on any atom is -0.494 e. The summed E-state index contributed by atoms with van der Waals surface area (Å²) in [6, 6.07) is 7.26. The fourth-order valence-corrected chi connectivity index (χ4v) is 2.37. The Balaban J connectivity index is 1.67. The van der Waals surface area contributed by atoms with Gasteiger partial charge in [0.1, 0.15) is 18.9 Å². The van der Waals surface area contributed by atoms with Gasteiger partial charge in [-0.2, -0.15) is 0 Å². The van der Waals surface area contributed by atoms with E-state index in [0.717, 1.165) is 12.3 Å². The lowest BCUT2D eigenvalue weighted by Crippen LogP contribution is -3.10. The Kier molecular flexibility index (Phi) is 5.68. The number of likely N-dealkylation sites (tertiary alicyclic amines) is 1. The molecule has 1 aliphatic rings. The van der Waals surface area contributed by atoms with E-state index in [4.69, 9.17) is 9.47 Å². The van der Waals surface area contributed by atoms with Crippen molar-refractivity contribution in [3.63, 3.8) is 0 Å². The number of benzene rings is 1. The Labute approximate surface area is 119 Å². The number of nitrogens with one attached hydrogen (secondary N) is 2. The Morgan fingerprint density at radius 1 is 1.25 bits per heavy atom. The molecule has 20 heavy (non-hydrogen) atoms. The van der Waals surface area contributed by atoms with E-state index in [-0.39, 0.29) is 0 Å². The molecule has 0 radical (unpaired) electrons. The van der Waals surface area contributed by atoms with Gasteiger partial charge >= 0.3 is 6.09 Å². The van der Waals surface area contributed by atoms with Gasteiger partial charge in [-0.15, -0.1) is 0 Å².